The van der Waals surface area contributed by atoms with Crippen LogP contribution in [0.1, 0.15) is 5.89 Å². The zero-order chi connectivity index (χ0) is 13.2. The third kappa shape index (κ3) is 2.88. The number of fused-ring (bicyclic) bond motifs is 1. The quantitative estimate of drug-likeness (QED) is 0.717. The van der Waals surface area contributed by atoms with E-state index in [9.17, 15) is 0 Å². The summed E-state index contributed by atoms with van der Waals surface area (Å²) in [5, 5.41) is 0.670. The van der Waals surface area contributed by atoms with Gasteiger partial charge in [-0.25, -0.2) is 4.98 Å². The summed E-state index contributed by atoms with van der Waals surface area (Å²) < 4.78 is 11.9. The summed E-state index contributed by atoms with van der Waals surface area (Å²) >= 11 is 9.13. The summed E-state index contributed by atoms with van der Waals surface area (Å²) in [6.07, 6.45) is 1.68. The largest absolute Gasteiger partial charge is 0.484 e. The van der Waals surface area contributed by atoms with Crippen molar-refractivity contribution in [3.63, 3.8) is 0 Å². The Balaban J connectivity index is 1.76. The first-order chi connectivity index (χ1) is 9.20. The molecule has 2 aromatic heterocycles. The number of pyridine rings is 1. The van der Waals surface area contributed by atoms with Crippen LogP contribution in [0.4, 0.5) is 0 Å². The van der Waals surface area contributed by atoms with E-state index < -0.39 is 0 Å². The molecule has 0 fully saturated rings. The SMILES string of the molecule is Clc1ccc(OCc2nc3ncc(Br)cc3o2)cc1. The molecule has 0 spiro atoms. The van der Waals surface area contributed by atoms with E-state index in [0.717, 1.165) is 4.47 Å². The number of oxazole rings is 1. The maximum absolute atomic E-state index is 5.80. The summed E-state index contributed by atoms with van der Waals surface area (Å²) in [5.41, 5.74) is 1.20. The second-order valence-electron chi connectivity index (χ2n) is 3.83. The molecule has 0 aliphatic carbocycles. The molecule has 19 heavy (non-hydrogen) atoms. The van der Waals surface area contributed by atoms with Crippen LogP contribution in [-0.2, 0) is 6.61 Å². The van der Waals surface area contributed by atoms with E-state index in [-0.39, 0.29) is 6.61 Å². The average molecular weight is 340 g/mol. The van der Waals surface area contributed by atoms with Gasteiger partial charge in [-0.05, 0) is 40.2 Å². The molecule has 0 amide bonds. The number of hydrogen-bond donors (Lipinski definition) is 0. The zero-order valence-electron chi connectivity index (χ0n) is 9.64. The van der Waals surface area contributed by atoms with Crippen molar-refractivity contribution in [3.8, 4) is 5.75 Å². The average Bonchev–Trinajstić information content (AvgIpc) is 2.80. The minimum atomic E-state index is 0.246. The van der Waals surface area contributed by atoms with Crippen LogP contribution < -0.4 is 4.74 Å². The molecule has 0 atom stereocenters. The molecule has 0 N–H and O–H groups in total. The first kappa shape index (κ1) is 12.4. The number of aromatic nitrogens is 2. The molecule has 6 heteroatoms. The van der Waals surface area contributed by atoms with E-state index in [0.29, 0.717) is 27.9 Å². The molecule has 0 aliphatic rings. The van der Waals surface area contributed by atoms with Crippen LogP contribution in [0.3, 0.4) is 0 Å². The monoisotopic (exact) mass is 338 g/mol. The van der Waals surface area contributed by atoms with E-state index in [1.165, 1.54) is 0 Å². The lowest BCUT2D eigenvalue weighted by atomic mass is 10.3. The van der Waals surface area contributed by atoms with Crippen LogP contribution in [0.2, 0.25) is 5.02 Å². The van der Waals surface area contributed by atoms with Gasteiger partial charge in [0.05, 0.1) is 0 Å². The number of benzene rings is 1. The highest BCUT2D eigenvalue weighted by Gasteiger charge is 2.08. The molecule has 0 radical (unpaired) electrons. The first-order valence-electron chi connectivity index (χ1n) is 5.50. The lowest BCUT2D eigenvalue weighted by molar-refractivity contribution is 0.267. The molecule has 96 valence electrons. The molecule has 0 saturated heterocycles. The lowest BCUT2D eigenvalue weighted by Gasteiger charge is -2.02. The third-order valence-corrected chi connectivity index (χ3v) is 3.12. The Morgan fingerprint density at radius 1 is 1.26 bits per heavy atom. The molecule has 3 rings (SSSR count). The van der Waals surface area contributed by atoms with Crippen molar-refractivity contribution in [1.29, 1.82) is 0 Å². The van der Waals surface area contributed by atoms with Crippen LogP contribution in [0, 0.1) is 0 Å². The second kappa shape index (κ2) is 5.19. The number of nitrogens with zero attached hydrogens (tertiary/aromatic N) is 2. The highest BCUT2D eigenvalue weighted by atomic mass is 79.9. The van der Waals surface area contributed by atoms with Gasteiger partial charge in [0.25, 0.3) is 0 Å². The van der Waals surface area contributed by atoms with Crippen LogP contribution >= 0.6 is 27.5 Å². The van der Waals surface area contributed by atoms with Gasteiger partial charge in [0, 0.05) is 21.8 Å². The van der Waals surface area contributed by atoms with Gasteiger partial charge < -0.3 is 9.15 Å². The standard InChI is InChI=1S/C13H8BrClN2O2/c14-8-5-11-13(16-6-8)17-12(19-11)7-18-10-3-1-9(15)2-4-10/h1-6H,7H2. The fourth-order valence-electron chi connectivity index (χ4n) is 1.58. The summed E-state index contributed by atoms with van der Waals surface area (Å²) in [5.74, 6) is 1.19. The van der Waals surface area contributed by atoms with Gasteiger partial charge in [0.1, 0.15) is 5.75 Å². The van der Waals surface area contributed by atoms with Crippen molar-refractivity contribution < 1.29 is 9.15 Å². The van der Waals surface area contributed by atoms with Crippen molar-refractivity contribution in [2.24, 2.45) is 0 Å². The maximum Gasteiger partial charge on any atom is 0.235 e. The lowest BCUT2D eigenvalue weighted by Crippen LogP contribution is -1.95. The molecule has 0 saturated carbocycles. The Morgan fingerprint density at radius 2 is 2.05 bits per heavy atom. The van der Waals surface area contributed by atoms with Gasteiger partial charge in [-0.15, -0.1) is 0 Å². The highest BCUT2D eigenvalue weighted by molar-refractivity contribution is 9.10. The van der Waals surface area contributed by atoms with Crippen LogP contribution in [0.5, 0.6) is 5.75 Å². The Hall–Kier alpha value is -1.59. The van der Waals surface area contributed by atoms with E-state index in [1.807, 2.05) is 6.07 Å². The summed E-state index contributed by atoms with van der Waals surface area (Å²) in [6.45, 7) is 0.246. The van der Waals surface area contributed by atoms with Gasteiger partial charge in [0.2, 0.25) is 5.89 Å². The molecule has 1 aromatic carbocycles. The highest BCUT2D eigenvalue weighted by Crippen LogP contribution is 2.20. The van der Waals surface area contributed by atoms with Gasteiger partial charge in [0.15, 0.2) is 17.8 Å². The van der Waals surface area contributed by atoms with Crippen LogP contribution in [0.25, 0.3) is 11.2 Å². The van der Waals surface area contributed by atoms with Crippen molar-refractivity contribution >= 4 is 38.8 Å². The molecule has 3 aromatic rings. The molecule has 4 nitrogen and oxygen atoms in total. The van der Waals surface area contributed by atoms with Crippen molar-refractivity contribution in [2.45, 2.75) is 6.61 Å². The summed E-state index contributed by atoms with van der Waals surface area (Å²) in [4.78, 5) is 8.38. The smallest absolute Gasteiger partial charge is 0.235 e. The predicted molar refractivity (Wildman–Crippen MR) is 75.3 cm³/mol. The third-order valence-electron chi connectivity index (χ3n) is 2.43. The van der Waals surface area contributed by atoms with Crippen molar-refractivity contribution in [3.05, 3.63) is 51.9 Å². The normalized spacial score (nSPS) is 10.8. The fraction of sp³-hybridized carbons (Fsp3) is 0.0769. The Labute approximate surface area is 122 Å². The van der Waals surface area contributed by atoms with Crippen LogP contribution in [0.15, 0.2) is 45.4 Å². The van der Waals surface area contributed by atoms with Gasteiger partial charge >= 0.3 is 0 Å². The van der Waals surface area contributed by atoms with Crippen molar-refractivity contribution in [1.82, 2.24) is 9.97 Å². The Kier molecular flexibility index (Phi) is 3.40. The number of halogens is 2. The van der Waals surface area contributed by atoms with Crippen molar-refractivity contribution in [2.75, 3.05) is 0 Å². The number of hydrogen-bond acceptors (Lipinski definition) is 4. The molecule has 0 bridgehead atoms. The number of ether oxygens (including phenoxy) is 1. The first-order valence-corrected chi connectivity index (χ1v) is 6.67. The topological polar surface area (TPSA) is 48.2 Å². The summed E-state index contributed by atoms with van der Waals surface area (Å²) in [7, 11) is 0. The summed E-state index contributed by atoms with van der Waals surface area (Å²) in [6, 6.07) is 8.93. The minimum Gasteiger partial charge on any atom is -0.484 e. The van der Waals surface area contributed by atoms with E-state index in [4.69, 9.17) is 20.8 Å². The molecule has 0 aliphatic heterocycles. The zero-order valence-corrected chi connectivity index (χ0v) is 12.0. The predicted octanol–water partition coefficient (Wildman–Crippen LogP) is 4.22. The second-order valence-corrected chi connectivity index (χ2v) is 5.18. The van der Waals surface area contributed by atoms with Gasteiger partial charge in [-0.2, -0.15) is 4.98 Å². The minimum absolute atomic E-state index is 0.246. The molecular formula is C13H8BrClN2O2. The van der Waals surface area contributed by atoms with E-state index in [1.54, 1.807) is 30.5 Å². The molecular weight excluding hydrogens is 332 g/mol. The van der Waals surface area contributed by atoms with Crippen LogP contribution in [-0.4, -0.2) is 9.97 Å². The fourth-order valence-corrected chi connectivity index (χ4v) is 2.01. The van der Waals surface area contributed by atoms with Gasteiger partial charge in [-0.1, -0.05) is 11.6 Å². The number of rotatable bonds is 3. The van der Waals surface area contributed by atoms with E-state index in [2.05, 4.69) is 25.9 Å². The molecule has 0 unspecified atom stereocenters. The Bertz CT molecular complexity index is 712. The van der Waals surface area contributed by atoms with Gasteiger partial charge in [-0.3, -0.25) is 0 Å². The molecule has 2 heterocycles. The Morgan fingerprint density at radius 3 is 2.84 bits per heavy atom. The maximum atomic E-state index is 5.80. The van der Waals surface area contributed by atoms with E-state index >= 15 is 0 Å².